The minimum absolute atomic E-state index is 0.0911. The summed E-state index contributed by atoms with van der Waals surface area (Å²) in [5, 5.41) is 20.4. The highest BCUT2D eigenvalue weighted by molar-refractivity contribution is 6.21. The predicted molar refractivity (Wildman–Crippen MR) is 117 cm³/mol. The monoisotopic (exact) mass is 397 g/mol. The van der Waals surface area contributed by atoms with Crippen LogP contribution in [0.15, 0.2) is 108 Å². The van der Waals surface area contributed by atoms with Gasteiger partial charge >= 0.3 is 5.97 Å². The van der Waals surface area contributed by atoms with Crippen molar-refractivity contribution < 1.29 is 19.4 Å². The summed E-state index contributed by atoms with van der Waals surface area (Å²) in [4.78, 5) is 13.8. The quantitative estimate of drug-likeness (QED) is 0.297. The highest BCUT2D eigenvalue weighted by atomic mass is 16.4. The molecule has 148 valence electrons. The van der Waals surface area contributed by atoms with Crippen molar-refractivity contribution in [2.75, 3.05) is 4.90 Å². The van der Waals surface area contributed by atoms with Crippen LogP contribution in [0.2, 0.25) is 0 Å². The van der Waals surface area contributed by atoms with Gasteiger partial charge in [0.15, 0.2) is 0 Å². The van der Waals surface area contributed by atoms with Gasteiger partial charge in [-0.2, -0.15) is 0 Å². The van der Waals surface area contributed by atoms with Gasteiger partial charge in [-0.1, -0.05) is 48.5 Å². The first kappa shape index (κ1) is 19.1. The molecule has 0 fully saturated rings. The standard InChI is InChI=1S/C25H19NO4/c27-24(23(25(28)29)22-15-8-16-30-22)18-9-7-14-21(17-18)26(19-10-3-1-4-11-19)20-12-5-2-6-13-20/h1-17,27H,(H,28,29). The van der Waals surface area contributed by atoms with Gasteiger partial charge in [-0.25, -0.2) is 4.79 Å². The zero-order valence-electron chi connectivity index (χ0n) is 16.0. The fraction of sp³-hybridized carbons (Fsp3) is 0. The fourth-order valence-corrected chi connectivity index (χ4v) is 3.28. The third-order valence-corrected chi connectivity index (χ3v) is 4.62. The molecular formula is C25H19NO4. The summed E-state index contributed by atoms with van der Waals surface area (Å²) in [6.45, 7) is 0. The molecule has 0 spiro atoms. The molecule has 30 heavy (non-hydrogen) atoms. The zero-order valence-corrected chi connectivity index (χ0v) is 16.0. The van der Waals surface area contributed by atoms with Gasteiger partial charge in [0.2, 0.25) is 0 Å². The van der Waals surface area contributed by atoms with E-state index in [1.165, 1.54) is 12.3 Å². The average molecular weight is 397 g/mol. The van der Waals surface area contributed by atoms with E-state index in [-0.39, 0.29) is 17.1 Å². The second-order valence-corrected chi connectivity index (χ2v) is 6.56. The first-order valence-corrected chi connectivity index (χ1v) is 9.36. The molecule has 5 heteroatoms. The molecule has 0 saturated carbocycles. The number of rotatable bonds is 6. The minimum Gasteiger partial charge on any atom is -0.506 e. The van der Waals surface area contributed by atoms with Crippen LogP contribution in [0.25, 0.3) is 11.3 Å². The lowest BCUT2D eigenvalue weighted by atomic mass is 10.0. The number of carbonyl (C=O) groups is 1. The summed E-state index contributed by atoms with van der Waals surface area (Å²) in [6, 6.07) is 29.8. The molecule has 0 bridgehead atoms. The van der Waals surface area contributed by atoms with Crippen molar-refractivity contribution >= 4 is 34.4 Å². The molecule has 4 aromatic rings. The van der Waals surface area contributed by atoms with Crippen LogP contribution in [0.3, 0.4) is 0 Å². The Hall–Kier alpha value is -4.25. The van der Waals surface area contributed by atoms with Crippen molar-refractivity contribution in [3.63, 3.8) is 0 Å². The molecule has 0 aliphatic heterocycles. The number of hydrogen-bond donors (Lipinski definition) is 2. The second-order valence-electron chi connectivity index (χ2n) is 6.56. The second kappa shape index (κ2) is 8.41. The van der Waals surface area contributed by atoms with Crippen molar-refractivity contribution in [2.24, 2.45) is 0 Å². The maximum Gasteiger partial charge on any atom is 0.343 e. The minimum atomic E-state index is -1.27. The van der Waals surface area contributed by atoms with E-state index in [0.717, 1.165) is 17.1 Å². The van der Waals surface area contributed by atoms with Crippen LogP contribution in [0.4, 0.5) is 17.1 Å². The van der Waals surface area contributed by atoms with Crippen LogP contribution in [-0.2, 0) is 4.79 Å². The molecule has 0 unspecified atom stereocenters. The molecule has 0 saturated heterocycles. The highest BCUT2D eigenvalue weighted by Crippen LogP contribution is 2.36. The number of aliphatic hydroxyl groups excluding tert-OH is 1. The van der Waals surface area contributed by atoms with Gasteiger partial charge in [-0.05, 0) is 48.5 Å². The Labute approximate surface area is 173 Å². The van der Waals surface area contributed by atoms with Crippen molar-refractivity contribution in [3.05, 3.63) is 115 Å². The van der Waals surface area contributed by atoms with Crippen molar-refractivity contribution in [1.82, 2.24) is 0 Å². The Bertz CT molecular complexity index is 1130. The number of benzene rings is 3. The van der Waals surface area contributed by atoms with E-state index in [9.17, 15) is 15.0 Å². The zero-order chi connectivity index (χ0) is 20.9. The number of aliphatic hydroxyl groups is 1. The van der Waals surface area contributed by atoms with Gasteiger partial charge in [0.25, 0.3) is 0 Å². The first-order valence-electron chi connectivity index (χ1n) is 9.36. The van der Waals surface area contributed by atoms with E-state index >= 15 is 0 Å². The van der Waals surface area contributed by atoms with E-state index in [4.69, 9.17) is 4.42 Å². The van der Waals surface area contributed by atoms with E-state index in [2.05, 4.69) is 0 Å². The fourth-order valence-electron chi connectivity index (χ4n) is 3.28. The topological polar surface area (TPSA) is 73.9 Å². The van der Waals surface area contributed by atoms with Gasteiger partial charge in [0.05, 0.1) is 6.26 Å². The van der Waals surface area contributed by atoms with Crippen molar-refractivity contribution in [2.45, 2.75) is 0 Å². The number of carboxylic acid groups (broad SMARTS) is 1. The number of para-hydroxylation sites is 2. The number of nitrogens with zero attached hydrogens (tertiary/aromatic N) is 1. The molecule has 2 N–H and O–H groups in total. The van der Waals surface area contributed by atoms with E-state index in [1.807, 2.05) is 71.6 Å². The normalized spacial score (nSPS) is 11.6. The maximum absolute atomic E-state index is 11.8. The third kappa shape index (κ3) is 3.82. The molecule has 0 radical (unpaired) electrons. The molecule has 4 rings (SSSR count). The maximum atomic E-state index is 11.8. The number of hydrogen-bond acceptors (Lipinski definition) is 4. The van der Waals surface area contributed by atoms with Gasteiger partial charge in [-0.15, -0.1) is 0 Å². The lowest BCUT2D eigenvalue weighted by Crippen LogP contribution is -2.10. The van der Waals surface area contributed by atoms with E-state index in [0.29, 0.717) is 5.56 Å². The van der Waals surface area contributed by atoms with Crippen LogP contribution in [0.1, 0.15) is 11.3 Å². The Kier molecular flexibility index (Phi) is 5.35. The largest absolute Gasteiger partial charge is 0.506 e. The molecule has 1 heterocycles. The van der Waals surface area contributed by atoms with Gasteiger partial charge in [0, 0.05) is 22.6 Å². The van der Waals surface area contributed by atoms with Crippen molar-refractivity contribution in [1.29, 1.82) is 0 Å². The van der Waals surface area contributed by atoms with Crippen molar-refractivity contribution in [3.8, 4) is 0 Å². The lowest BCUT2D eigenvalue weighted by molar-refractivity contribution is -0.130. The summed E-state index contributed by atoms with van der Waals surface area (Å²) in [6.07, 6.45) is 1.37. The van der Waals surface area contributed by atoms with Gasteiger partial charge in [-0.3, -0.25) is 0 Å². The number of anilines is 3. The third-order valence-electron chi connectivity index (χ3n) is 4.62. The summed E-state index contributed by atoms with van der Waals surface area (Å²) in [5.41, 5.74) is 2.74. The van der Waals surface area contributed by atoms with E-state index in [1.54, 1.807) is 24.3 Å². The summed E-state index contributed by atoms with van der Waals surface area (Å²) < 4.78 is 5.21. The highest BCUT2D eigenvalue weighted by Gasteiger charge is 2.21. The summed E-state index contributed by atoms with van der Waals surface area (Å²) >= 11 is 0. The Morgan fingerprint density at radius 1 is 0.700 bits per heavy atom. The Balaban J connectivity index is 1.85. The van der Waals surface area contributed by atoms with Crippen LogP contribution >= 0.6 is 0 Å². The van der Waals surface area contributed by atoms with E-state index < -0.39 is 5.97 Å². The molecule has 5 nitrogen and oxygen atoms in total. The molecule has 0 atom stereocenters. The molecule has 0 aliphatic rings. The average Bonchev–Trinajstić information content (AvgIpc) is 3.30. The SMILES string of the molecule is O=C(O)C(=C(O)c1cccc(N(c2ccccc2)c2ccccc2)c1)c1ccco1. The van der Waals surface area contributed by atoms with Crippen LogP contribution in [0, 0.1) is 0 Å². The first-order chi connectivity index (χ1) is 14.6. The molecule has 3 aromatic carbocycles. The number of aliphatic carboxylic acids is 1. The number of carboxylic acids is 1. The van der Waals surface area contributed by atoms with Crippen LogP contribution in [-0.4, -0.2) is 16.2 Å². The van der Waals surface area contributed by atoms with Gasteiger partial charge < -0.3 is 19.5 Å². The van der Waals surface area contributed by atoms with Crippen LogP contribution < -0.4 is 4.90 Å². The lowest BCUT2D eigenvalue weighted by Gasteiger charge is -2.25. The van der Waals surface area contributed by atoms with Gasteiger partial charge in [0.1, 0.15) is 17.1 Å². The Morgan fingerprint density at radius 2 is 1.30 bits per heavy atom. The molecular weight excluding hydrogens is 378 g/mol. The number of furan rings is 1. The predicted octanol–water partition coefficient (Wildman–Crippen LogP) is 6.26. The molecule has 1 aromatic heterocycles. The summed E-state index contributed by atoms with van der Waals surface area (Å²) in [7, 11) is 0. The smallest absolute Gasteiger partial charge is 0.343 e. The van der Waals surface area contributed by atoms with Crippen LogP contribution in [0.5, 0.6) is 0 Å². The molecule has 0 amide bonds. The molecule has 0 aliphatic carbocycles. The Morgan fingerprint density at radius 3 is 1.83 bits per heavy atom. The summed E-state index contributed by atoms with van der Waals surface area (Å²) in [5.74, 6) is -1.54.